The Kier molecular flexibility index (Phi) is 7.38. The molecule has 5 heteroatoms. The number of fused-ring (bicyclic) bond motifs is 1. The molecule has 1 saturated carbocycles. The summed E-state index contributed by atoms with van der Waals surface area (Å²) in [6, 6.07) is 18.1. The summed E-state index contributed by atoms with van der Waals surface area (Å²) in [7, 11) is 0. The summed E-state index contributed by atoms with van der Waals surface area (Å²) in [5.41, 5.74) is 4.47. The van der Waals surface area contributed by atoms with E-state index in [1.54, 1.807) is 0 Å². The summed E-state index contributed by atoms with van der Waals surface area (Å²) in [6.07, 6.45) is 6.43. The van der Waals surface area contributed by atoms with Gasteiger partial charge >= 0.3 is 0 Å². The predicted octanol–water partition coefficient (Wildman–Crippen LogP) is 5.17. The predicted molar refractivity (Wildman–Crippen MR) is 133 cm³/mol. The lowest BCUT2D eigenvalue weighted by Gasteiger charge is -2.28. The van der Waals surface area contributed by atoms with E-state index in [4.69, 9.17) is 4.98 Å². The van der Waals surface area contributed by atoms with Crippen molar-refractivity contribution in [3.63, 3.8) is 0 Å². The molecule has 1 aliphatic carbocycles. The zero-order chi connectivity index (χ0) is 23.2. The third kappa shape index (κ3) is 5.59. The van der Waals surface area contributed by atoms with Gasteiger partial charge in [-0.05, 0) is 37.3 Å². The first-order valence-electron chi connectivity index (χ1n) is 12.0. The monoisotopic (exact) mass is 443 g/mol. The van der Waals surface area contributed by atoms with Gasteiger partial charge in [0.2, 0.25) is 11.8 Å². The molecular weight excluding hydrogens is 410 g/mol. The maximum Gasteiger partial charge on any atom is 0.224 e. The Hall–Kier alpha value is -3.21. The van der Waals surface area contributed by atoms with Crippen molar-refractivity contribution in [2.45, 2.75) is 65.0 Å². The van der Waals surface area contributed by atoms with Crippen molar-refractivity contribution in [1.82, 2.24) is 15.6 Å². The number of amides is 2. The van der Waals surface area contributed by atoms with E-state index in [2.05, 4.69) is 17.6 Å². The topological polar surface area (TPSA) is 71.1 Å². The van der Waals surface area contributed by atoms with Crippen LogP contribution in [0.15, 0.2) is 54.6 Å². The van der Waals surface area contributed by atoms with Crippen molar-refractivity contribution in [3.8, 4) is 11.3 Å². The number of benzene rings is 2. The van der Waals surface area contributed by atoms with E-state index in [1.165, 1.54) is 39.0 Å². The highest BCUT2D eigenvalue weighted by Gasteiger charge is 2.23. The molecule has 2 N–H and O–H groups in total. The highest BCUT2D eigenvalue weighted by molar-refractivity contribution is 5.92. The van der Waals surface area contributed by atoms with Crippen LogP contribution >= 0.6 is 0 Å². The highest BCUT2D eigenvalue weighted by Crippen LogP contribution is 2.31. The second-order valence-electron chi connectivity index (χ2n) is 9.14. The molecule has 172 valence electrons. The van der Waals surface area contributed by atoms with Gasteiger partial charge in [-0.1, -0.05) is 67.8 Å². The minimum Gasteiger partial charge on any atom is -0.353 e. The van der Waals surface area contributed by atoms with Gasteiger partial charge < -0.3 is 10.6 Å². The van der Waals surface area contributed by atoms with Gasteiger partial charge in [-0.15, -0.1) is 0 Å². The average molecular weight is 444 g/mol. The number of nitrogens with zero attached hydrogens (tertiary/aromatic N) is 1. The van der Waals surface area contributed by atoms with E-state index in [0.717, 1.165) is 33.3 Å². The number of carbonyl (C=O) groups excluding carboxylic acids is 2. The van der Waals surface area contributed by atoms with Crippen molar-refractivity contribution in [1.29, 1.82) is 0 Å². The van der Waals surface area contributed by atoms with E-state index in [-0.39, 0.29) is 24.3 Å². The molecule has 2 aromatic carbocycles. The lowest BCUT2D eigenvalue weighted by Crippen LogP contribution is -2.39. The number of para-hydroxylation sites is 1. The number of hydrogen-bond donors (Lipinski definition) is 2. The minimum absolute atomic E-state index is 0.0208. The Morgan fingerprint density at radius 3 is 2.39 bits per heavy atom. The van der Waals surface area contributed by atoms with Gasteiger partial charge in [0.25, 0.3) is 0 Å². The van der Waals surface area contributed by atoms with Crippen LogP contribution in [0.4, 0.5) is 0 Å². The van der Waals surface area contributed by atoms with Crippen molar-refractivity contribution in [2.75, 3.05) is 0 Å². The first kappa shape index (κ1) is 23.0. The largest absolute Gasteiger partial charge is 0.353 e. The molecule has 5 nitrogen and oxygen atoms in total. The van der Waals surface area contributed by atoms with Crippen molar-refractivity contribution < 1.29 is 9.59 Å². The van der Waals surface area contributed by atoms with E-state index < -0.39 is 0 Å². The number of hydrogen-bond acceptors (Lipinski definition) is 3. The average Bonchev–Trinajstić information content (AvgIpc) is 2.84. The maximum atomic E-state index is 13.2. The lowest BCUT2D eigenvalue weighted by atomic mass is 9.84. The van der Waals surface area contributed by atoms with Crippen molar-refractivity contribution in [2.24, 2.45) is 5.92 Å². The molecule has 4 rings (SSSR count). The van der Waals surface area contributed by atoms with E-state index >= 15 is 0 Å². The smallest absolute Gasteiger partial charge is 0.224 e. The molecular formula is C28H33N3O2. The van der Waals surface area contributed by atoms with Crippen LogP contribution in [0.2, 0.25) is 0 Å². The molecule has 0 radical (unpaired) electrons. The second kappa shape index (κ2) is 10.6. The quantitative estimate of drug-likeness (QED) is 0.529. The van der Waals surface area contributed by atoms with Crippen LogP contribution in [0.25, 0.3) is 22.2 Å². The first-order chi connectivity index (χ1) is 16.0. The van der Waals surface area contributed by atoms with Crippen LogP contribution < -0.4 is 10.6 Å². The number of aromatic nitrogens is 1. The van der Waals surface area contributed by atoms with Crippen LogP contribution in [0.1, 0.15) is 57.1 Å². The second-order valence-corrected chi connectivity index (χ2v) is 9.14. The Bertz CT molecular complexity index is 1120. The Morgan fingerprint density at radius 2 is 1.67 bits per heavy atom. The van der Waals surface area contributed by atoms with E-state index in [9.17, 15) is 9.59 Å². The fourth-order valence-electron chi connectivity index (χ4n) is 4.98. The molecule has 33 heavy (non-hydrogen) atoms. The molecule has 2 amide bonds. The number of nitrogens with one attached hydrogen (secondary N) is 2. The van der Waals surface area contributed by atoms with Crippen LogP contribution in [-0.4, -0.2) is 22.8 Å². The summed E-state index contributed by atoms with van der Waals surface area (Å²) < 4.78 is 0. The van der Waals surface area contributed by atoms with Crippen molar-refractivity contribution >= 4 is 22.7 Å². The molecule has 0 unspecified atom stereocenters. The van der Waals surface area contributed by atoms with Gasteiger partial charge in [-0.2, -0.15) is 0 Å². The minimum atomic E-state index is -0.108. The fourth-order valence-corrected chi connectivity index (χ4v) is 4.98. The summed E-state index contributed by atoms with van der Waals surface area (Å²) in [5.74, 6) is 0.464. The van der Waals surface area contributed by atoms with Gasteiger partial charge in [-0.25, -0.2) is 4.98 Å². The van der Waals surface area contributed by atoms with Gasteiger partial charge in [0.1, 0.15) is 0 Å². The summed E-state index contributed by atoms with van der Waals surface area (Å²) in [4.78, 5) is 29.9. The normalized spacial score (nSPS) is 15.2. The summed E-state index contributed by atoms with van der Waals surface area (Å²) >= 11 is 0. The zero-order valence-electron chi connectivity index (χ0n) is 19.6. The number of rotatable bonds is 7. The van der Waals surface area contributed by atoms with Crippen LogP contribution in [0, 0.1) is 5.92 Å². The van der Waals surface area contributed by atoms with Crippen LogP contribution in [0.5, 0.6) is 0 Å². The van der Waals surface area contributed by atoms with E-state index in [1.807, 2.05) is 54.6 Å². The molecule has 1 atom stereocenters. The Labute approximate surface area is 196 Å². The van der Waals surface area contributed by atoms with Gasteiger partial charge in [0, 0.05) is 36.0 Å². The molecule has 1 aromatic heterocycles. The van der Waals surface area contributed by atoms with Crippen LogP contribution in [-0.2, 0) is 22.6 Å². The third-order valence-corrected chi connectivity index (χ3v) is 6.76. The Balaban J connectivity index is 1.72. The number of carbonyl (C=O) groups is 2. The molecule has 1 heterocycles. The summed E-state index contributed by atoms with van der Waals surface area (Å²) in [5, 5.41) is 7.16. The molecule has 0 bridgehead atoms. The number of pyridine rings is 1. The molecule has 1 fully saturated rings. The standard InChI is InChI=1S/C28H33N3O2/c1-19(21-11-5-3-6-12-21)30-27(33)17-24-23-15-9-10-16-26(23)31-28(22-13-7-4-8-14-22)25(24)18-29-20(2)32/h4,7-10,13-16,19,21H,3,5-6,11-12,17-18H2,1-2H3,(H,29,32)(H,30,33)/t19-/m0/s1. The summed E-state index contributed by atoms with van der Waals surface area (Å²) in [6.45, 7) is 3.97. The third-order valence-electron chi connectivity index (χ3n) is 6.76. The lowest BCUT2D eigenvalue weighted by molar-refractivity contribution is -0.121. The molecule has 3 aromatic rings. The fraction of sp³-hybridized carbons (Fsp3) is 0.393. The van der Waals surface area contributed by atoms with Crippen molar-refractivity contribution in [3.05, 3.63) is 65.7 Å². The van der Waals surface area contributed by atoms with Gasteiger partial charge in [0.15, 0.2) is 0 Å². The van der Waals surface area contributed by atoms with E-state index in [0.29, 0.717) is 12.5 Å². The SMILES string of the molecule is CC(=O)NCc1c(-c2ccccc2)nc2ccccc2c1CC(=O)N[C@@H](C)C1CCCCC1. The molecule has 0 spiro atoms. The maximum absolute atomic E-state index is 13.2. The Morgan fingerprint density at radius 1 is 0.970 bits per heavy atom. The molecule has 1 aliphatic rings. The van der Waals surface area contributed by atoms with Gasteiger partial charge in [0.05, 0.1) is 17.6 Å². The highest BCUT2D eigenvalue weighted by atomic mass is 16.2. The first-order valence-corrected chi connectivity index (χ1v) is 12.0. The van der Waals surface area contributed by atoms with Gasteiger partial charge in [-0.3, -0.25) is 9.59 Å². The zero-order valence-corrected chi connectivity index (χ0v) is 19.6. The molecule has 0 aliphatic heterocycles. The molecule has 0 saturated heterocycles. The van der Waals surface area contributed by atoms with Crippen LogP contribution in [0.3, 0.4) is 0 Å².